The summed E-state index contributed by atoms with van der Waals surface area (Å²) in [7, 11) is 0. The van der Waals surface area contributed by atoms with E-state index in [0.717, 1.165) is 0 Å². The molecule has 3 N–H and O–H groups in total. The van der Waals surface area contributed by atoms with Crippen molar-refractivity contribution in [2.24, 2.45) is 0 Å². The minimum Gasteiger partial charge on any atom is -0.508 e. The number of esters is 1. The van der Waals surface area contributed by atoms with E-state index in [-0.39, 0.29) is 28.2 Å². The third-order valence-corrected chi connectivity index (χ3v) is 3.51. The maximum atomic E-state index is 12.1. The number of aliphatic hydroxyl groups is 1. The summed E-state index contributed by atoms with van der Waals surface area (Å²) in [6.07, 6.45) is -1.21. The number of ketones is 1. The maximum Gasteiger partial charge on any atom is 0.380 e. The van der Waals surface area contributed by atoms with Gasteiger partial charge in [0.15, 0.2) is 6.10 Å². The van der Waals surface area contributed by atoms with E-state index in [1.54, 1.807) is 12.1 Å². The van der Waals surface area contributed by atoms with Crippen LogP contribution in [0.5, 0.6) is 11.5 Å². The fraction of sp³-hybridized carbons (Fsp3) is 0.0588. The van der Waals surface area contributed by atoms with Crippen LogP contribution in [0.25, 0.3) is 5.76 Å². The molecule has 1 unspecified atom stereocenters. The Hall–Kier alpha value is -3.28. The van der Waals surface area contributed by atoms with E-state index >= 15 is 0 Å². The molecule has 0 aliphatic carbocycles. The highest BCUT2D eigenvalue weighted by Crippen LogP contribution is 2.40. The van der Waals surface area contributed by atoms with Gasteiger partial charge in [0.25, 0.3) is 5.78 Å². The standard InChI is InChI=1S/C17H12O6/c18-10-5-3-4-9(8-10)14(20)13-15(21)17(22)23-16(13)11-6-1-2-7-12(11)19/h1-8,16,18-20H/b14-13-. The number of carbonyl (C=O) groups is 2. The number of aliphatic hydroxyl groups excluding tert-OH is 1. The van der Waals surface area contributed by atoms with Crippen LogP contribution in [-0.2, 0) is 14.3 Å². The largest absolute Gasteiger partial charge is 0.508 e. The van der Waals surface area contributed by atoms with Gasteiger partial charge in [0.05, 0.1) is 5.57 Å². The van der Waals surface area contributed by atoms with E-state index in [2.05, 4.69) is 0 Å². The van der Waals surface area contributed by atoms with Gasteiger partial charge in [0, 0.05) is 11.1 Å². The molecule has 1 fully saturated rings. The van der Waals surface area contributed by atoms with Crippen LogP contribution in [0, 0.1) is 0 Å². The number of ether oxygens (including phenoxy) is 1. The van der Waals surface area contributed by atoms with Crippen molar-refractivity contribution in [3.05, 3.63) is 65.2 Å². The maximum absolute atomic E-state index is 12.1. The van der Waals surface area contributed by atoms with Crippen LogP contribution in [0.2, 0.25) is 0 Å². The number of phenols is 2. The molecule has 0 saturated carbocycles. The molecule has 0 spiro atoms. The first-order valence-corrected chi connectivity index (χ1v) is 6.74. The predicted molar refractivity (Wildman–Crippen MR) is 79.6 cm³/mol. The lowest BCUT2D eigenvalue weighted by atomic mass is 9.96. The summed E-state index contributed by atoms with van der Waals surface area (Å²) >= 11 is 0. The molecule has 116 valence electrons. The monoisotopic (exact) mass is 312 g/mol. The zero-order valence-corrected chi connectivity index (χ0v) is 11.8. The van der Waals surface area contributed by atoms with Gasteiger partial charge in [-0.2, -0.15) is 0 Å². The SMILES string of the molecule is O=C1OC(c2ccccc2O)/C(=C(\O)c2cccc(O)c2)C1=O. The molecule has 1 atom stereocenters. The van der Waals surface area contributed by atoms with Crippen LogP contribution < -0.4 is 0 Å². The number of rotatable bonds is 2. The number of carbonyl (C=O) groups excluding carboxylic acids is 2. The van der Waals surface area contributed by atoms with Crippen LogP contribution >= 0.6 is 0 Å². The van der Waals surface area contributed by atoms with E-state index in [1.807, 2.05) is 0 Å². The van der Waals surface area contributed by atoms with Gasteiger partial charge < -0.3 is 20.1 Å². The smallest absolute Gasteiger partial charge is 0.380 e. The normalized spacial score (nSPS) is 19.6. The summed E-state index contributed by atoms with van der Waals surface area (Å²) < 4.78 is 5.00. The molecule has 3 rings (SSSR count). The second kappa shape index (κ2) is 5.49. The Morgan fingerprint density at radius 2 is 1.74 bits per heavy atom. The Kier molecular flexibility index (Phi) is 3.50. The molecular formula is C17H12O6. The van der Waals surface area contributed by atoms with Crippen LogP contribution in [0.4, 0.5) is 0 Å². The van der Waals surface area contributed by atoms with E-state index in [9.17, 15) is 24.9 Å². The lowest BCUT2D eigenvalue weighted by Crippen LogP contribution is -2.08. The Morgan fingerprint density at radius 1 is 1.00 bits per heavy atom. The van der Waals surface area contributed by atoms with Crippen molar-refractivity contribution < 1.29 is 29.6 Å². The second-order valence-corrected chi connectivity index (χ2v) is 4.99. The molecular weight excluding hydrogens is 300 g/mol. The molecule has 1 heterocycles. The quantitative estimate of drug-likeness (QED) is 0.340. The Morgan fingerprint density at radius 3 is 2.43 bits per heavy atom. The van der Waals surface area contributed by atoms with E-state index in [1.165, 1.54) is 36.4 Å². The molecule has 0 amide bonds. The molecule has 2 aromatic rings. The summed E-state index contributed by atoms with van der Waals surface area (Å²) in [5.74, 6) is -2.85. The van der Waals surface area contributed by atoms with Crippen LogP contribution in [-0.4, -0.2) is 27.1 Å². The number of aromatic hydroxyl groups is 2. The third kappa shape index (κ3) is 2.50. The first-order valence-electron chi connectivity index (χ1n) is 6.74. The zero-order chi connectivity index (χ0) is 16.6. The molecule has 1 aliphatic heterocycles. The highest BCUT2D eigenvalue weighted by molar-refractivity contribution is 6.44. The molecule has 1 aliphatic rings. The topological polar surface area (TPSA) is 104 Å². The zero-order valence-electron chi connectivity index (χ0n) is 11.8. The highest BCUT2D eigenvalue weighted by Gasteiger charge is 2.43. The average Bonchev–Trinajstić information content (AvgIpc) is 2.82. The lowest BCUT2D eigenvalue weighted by Gasteiger charge is -2.13. The number of para-hydroxylation sites is 1. The molecule has 2 aromatic carbocycles. The molecule has 23 heavy (non-hydrogen) atoms. The van der Waals surface area contributed by atoms with E-state index in [4.69, 9.17) is 4.74 Å². The van der Waals surface area contributed by atoms with E-state index in [0.29, 0.717) is 0 Å². The van der Waals surface area contributed by atoms with Crippen molar-refractivity contribution in [1.82, 2.24) is 0 Å². The van der Waals surface area contributed by atoms with Crippen molar-refractivity contribution in [2.75, 3.05) is 0 Å². The Labute approximate surface area is 130 Å². The number of hydrogen-bond acceptors (Lipinski definition) is 6. The van der Waals surface area contributed by atoms with Gasteiger partial charge in [-0.05, 0) is 18.2 Å². The first-order chi connectivity index (χ1) is 11.0. The molecule has 6 heteroatoms. The second-order valence-electron chi connectivity index (χ2n) is 4.99. The minimum absolute atomic E-state index is 0.105. The van der Waals surface area contributed by atoms with Gasteiger partial charge >= 0.3 is 5.97 Å². The molecule has 0 bridgehead atoms. The molecule has 0 aromatic heterocycles. The van der Waals surface area contributed by atoms with Crippen molar-refractivity contribution in [1.29, 1.82) is 0 Å². The number of phenolic OH excluding ortho intramolecular Hbond substituents is 2. The predicted octanol–water partition coefficient (Wildman–Crippen LogP) is 2.23. The molecule has 0 radical (unpaired) electrons. The van der Waals surface area contributed by atoms with Crippen molar-refractivity contribution >= 4 is 17.5 Å². The Balaban J connectivity index is 2.17. The number of cyclic esters (lactones) is 1. The first kappa shape index (κ1) is 14.6. The van der Waals surface area contributed by atoms with Crippen molar-refractivity contribution in [3.63, 3.8) is 0 Å². The van der Waals surface area contributed by atoms with Crippen LogP contribution in [0.1, 0.15) is 17.2 Å². The highest BCUT2D eigenvalue weighted by atomic mass is 16.6. The minimum atomic E-state index is -1.21. The summed E-state index contributed by atoms with van der Waals surface area (Å²) in [6.45, 7) is 0. The average molecular weight is 312 g/mol. The number of benzene rings is 2. The van der Waals surface area contributed by atoms with E-state index < -0.39 is 23.6 Å². The van der Waals surface area contributed by atoms with Gasteiger partial charge in [-0.3, -0.25) is 4.79 Å². The third-order valence-electron chi connectivity index (χ3n) is 3.51. The fourth-order valence-electron chi connectivity index (χ4n) is 2.42. The lowest BCUT2D eigenvalue weighted by molar-refractivity contribution is -0.149. The summed E-state index contributed by atoms with van der Waals surface area (Å²) in [6, 6.07) is 11.7. The van der Waals surface area contributed by atoms with Crippen molar-refractivity contribution in [2.45, 2.75) is 6.10 Å². The number of hydrogen-bond donors (Lipinski definition) is 3. The summed E-state index contributed by atoms with van der Waals surface area (Å²) in [4.78, 5) is 23.7. The summed E-state index contributed by atoms with van der Waals surface area (Å²) in [5, 5.41) is 29.8. The van der Waals surface area contributed by atoms with Crippen LogP contribution in [0.15, 0.2) is 54.1 Å². The number of Topliss-reactive ketones (excluding diaryl/α,β-unsaturated/α-hetero) is 1. The summed E-state index contributed by atoms with van der Waals surface area (Å²) in [5.41, 5.74) is 0.0718. The molecule has 1 saturated heterocycles. The van der Waals surface area contributed by atoms with Gasteiger partial charge in [-0.15, -0.1) is 0 Å². The van der Waals surface area contributed by atoms with Crippen LogP contribution in [0.3, 0.4) is 0 Å². The van der Waals surface area contributed by atoms with Crippen molar-refractivity contribution in [3.8, 4) is 11.5 Å². The van der Waals surface area contributed by atoms with Gasteiger partial charge in [0.2, 0.25) is 0 Å². The fourth-order valence-corrected chi connectivity index (χ4v) is 2.42. The van der Waals surface area contributed by atoms with Gasteiger partial charge in [-0.25, -0.2) is 4.79 Å². The van der Waals surface area contributed by atoms with Gasteiger partial charge in [0.1, 0.15) is 17.3 Å². The molecule has 6 nitrogen and oxygen atoms in total. The van der Waals surface area contributed by atoms with Gasteiger partial charge in [-0.1, -0.05) is 30.3 Å². The Bertz CT molecular complexity index is 836.